The van der Waals surface area contributed by atoms with Gasteiger partial charge in [-0.25, -0.2) is 4.39 Å². The van der Waals surface area contributed by atoms with E-state index in [0.717, 1.165) is 0 Å². The van der Waals surface area contributed by atoms with Crippen molar-refractivity contribution in [2.45, 2.75) is 6.42 Å². The molecule has 1 aromatic rings. The lowest BCUT2D eigenvalue weighted by molar-refractivity contribution is -0.132. The Labute approximate surface area is 112 Å². The van der Waals surface area contributed by atoms with Crippen molar-refractivity contribution in [3.63, 3.8) is 0 Å². The molecule has 0 spiro atoms. The number of nitrogens with zero attached hydrogens (tertiary/aromatic N) is 3. The normalized spacial score (nSPS) is 16.1. The molecule has 1 saturated heterocycles. The molecule has 0 aromatic heterocycles. The maximum atomic E-state index is 13.5. The lowest BCUT2D eigenvalue weighted by Crippen LogP contribution is -2.49. The Hall–Kier alpha value is -1.93. The number of carbonyl (C=O) groups excluding carboxylic acids is 1. The first-order valence-electron chi connectivity index (χ1n) is 6.31. The topological polar surface area (TPSA) is 47.3 Å². The third-order valence-corrected chi connectivity index (χ3v) is 3.32. The molecular weight excluding hydrogens is 245 g/mol. The summed E-state index contributed by atoms with van der Waals surface area (Å²) >= 11 is 0. The van der Waals surface area contributed by atoms with Gasteiger partial charge in [-0.05, 0) is 11.6 Å². The fourth-order valence-electron chi connectivity index (χ4n) is 2.17. The van der Waals surface area contributed by atoms with E-state index >= 15 is 0 Å². The lowest BCUT2D eigenvalue weighted by atomic mass is 10.1. The molecule has 1 aliphatic heterocycles. The summed E-state index contributed by atoms with van der Waals surface area (Å²) in [5.74, 6) is -0.388. The Morgan fingerprint density at radius 2 is 1.95 bits per heavy atom. The second kappa shape index (κ2) is 6.30. The highest BCUT2D eigenvalue weighted by molar-refractivity contribution is 5.78. The van der Waals surface area contributed by atoms with Gasteiger partial charge in [-0.15, -0.1) is 0 Å². The van der Waals surface area contributed by atoms with Crippen LogP contribution >= 0.6 is 0 Å². The van der Waals surface area contributed by atoms with E-state index in [0.29, 0.717) is 38.3 Å². The Morgan fingerprint density at radius 1 is 1.26 bits per heavy atom. The van der Waals surface area contributed by atoms with Gasteiger partial charge in [0.25, 0.3) is 0 Å². The van der Waals surface area contributed by atoms with Gasteiger partial charge < -0.3 is 4.90 Å². The highest BCUT2D eigenvalue weighted by Crippen LogP contribution is 2.10. The highest BCUT2D eigenvalue weighted by atomic mass is 19.1. The second-order valence-electron chi connectivity index (χ2n) is 4.58. The molecule has 0 atom stereocenters. The van der Waals surface area contributed by atoms with Gasteiger partial charge in [-0.3, -0.25) is 9.69 Å². The molecule has 0 N–H and O–H groups in total. The highest BCUT2D eigenvalue weighted by Gasteiger charge is 2.21. The van der Waals surface area contributed by atoms with Crippen molar-refractivity contribution in [1.29, 1.82) is 5.26 Å². The molecule has 19 heavy (non-hydrogen) atoms. The molecule has 0 radical (unpaired) electrons. The third-order valence-electron chi connectivity index (χ3n) is 3.32. The Bertz CT molecular complexity index is 490. The fourth-order valence-corrected chi connectivity index (χ4v) is 2.17. The van der Waals surface area contributed by atoms with Crippen molar-refractivity contribution >= 4 is 5.91 Å². The van der Waals surface area contributed by atoms with Crippen molar-refractivity contribution < 1.29 is 9.18 Å². The smallest absolute Gasteiger partial charge is 0.227 e. The van der Waals surface area contributed by atoms with E-state index in [4.69, 9.17) is 5.26 Å². The molecular formula is C14H16FN3O. The predicted octanol–water partition coefficient (Wildman–Crippen LogP) is 1.04. The van der Waals surface area contributed by atoms with Crippen molar-refractivity contribution in [3.8, 4) is 6.07 Å². The number of rotatable bonds is 3. The minimum atomic E-state index is -0.334. The summed E-state index contributed by atoms with van der Waals surface area (Å²) < 4.78 is 13.5. The van der Waals surface area contributed by atoms with Gasteiger partial charge >= 0.3 is 0 Å². The van der Waals surface area contributed by atoms with E-state index in [-0.39, 0.29) is 18.1 Å². The first kappa shape index (κ1) is 13.5. The number of carbonyl (C=O) groups is 1. The molecule has 5 heteroatoms. The zero-order chi connectivity index (χ0) is 13.7. The van der Waals surface area contributed by atoms with E-state index in [1.165, 1.54) is 6.07 Å². The number of nitriles is 1. The van der Waals surface area contributed by atoms with Crippen molar-refractivity contribution in [2.75, 3.05) is 32.7 Å². The van der Waals surface area contributed by atoms with Crippen LogP contribution in [0.4, 0.5) is 4.39 Å². The molecule has 1 amide bonds. The van der Waals surface area contributed by atoms with E-state index < -0.39 is 0 Å². The van der Waals surface area contributed by atoms with E-state index in [1.54, 1.807) is 23.1 Å². The van der Waals surface area contributed by atoms with Crippen LogP contribution in [-0.4, -0.2) is 48.4 Å². The molecule has 4 nitrogen and oxygen atoms in total. The van der Waals surface area contributed by atoms with Crippen LogP contribution < -0.4 is 0 Å². The van der Waals surface area contributed by atoms with Gasteiger partial charge in [0.05, 0.1) is 19.0 Å². The summed E-state index contributed by atoms with van der Waals surface area (Å²) in [6.07, 6.45) is 0.102. The average molecular weight is 261 g/mol. The summed E-state index contributed by atoms with van der Waals surface area (Å²) in [4.78, 5) is 15.8. The molecule has 100 valence electrons. The number of hydrogen-bond donors (Lipinski definition) is 0. The molecule has 1 heterocycles. The van der Waals surface area contributed by atoms with Crippen LogP contribution in [0.1, 0.15) is 5.56 Å². The zero-order valence-electron chi connectivity index (χ0n) is 10.7. The summed E-state index contributed by atoms with van der Waals surface area (Å²) in [5, 5.41) is 8.61. The van der Waals surface area contributed by atoms with Crippen LogP contribution in [0.25, 0.3) is 0 Å². The molecule has 2 rings (SSSR count). The summed E-state index contributed by atoms with van der Waals surface area (Å²) in [6, 6.07) is 8.46. The van der Waals surface area contributed by atoms with Crippen LogP contribution in [-0.2, 0) is 11.2 Å². The molecule has 0 saturated carbocycles. The van der Waals surface area contributed by atoms with E-state index in [2.05, 4.69) is 6.07 Å². The standard InChI is InChI=1S/C14H16FN3O/c15-13-4-2-1-3-12(13)11-14(19)18-9-7-17(6-5-16)8-10-18/h1-4H,6-11H2. The molecule has 0 unspecified atom stereocenters. The van der Waals surface area contributed by atoms with Crippen molar-refractivity contribution in [3.05, 3.63) is 35.6 Å². The summed E-state index contributed by atoms with van der Waals surface area (Å²) in [6.45, 7) is 3.02. The maximum absolute atomic E-state index is 13.5. The summed E-state index contributed by atoms with van der Waals surface area (Å²) in [5.41, 5.74) is 0.437. The van der Waals surface area contributed by atoms with Gasteiger partial charge in [-0.2, -0.15) is 5.26 Å². The fraction of sp³-hybridized carbons (Fsp3) is 0.429. The monoisotopic (exact) mass is 261 g/mol. The van der Waals surface area contributed by atoms with Crippen LogP contribution in [0, 0.1) is 17.1 Å². The average Bonchev–Trinajstić information content (AvgIpc) is 2.42. The van der Waals surface area contributed by atoms with Gasteiger partial charge in [0.15, 0.2) is 0 Å². The van der Waals surface area contributed by atoms with Crippen LogP contribution in [0.2, 0.25) is 0 Å². The van der Waals surface area contributed by atoms with Gasteiger partial charge in [0.2, 0.25) is 5.91 Å². The van der Waals surface area contributed by atoms with E-state index in [1.807, 2.05) is 4.90 Å². The third kappa shape index (κ3) is 3.52. The Morgan fingerprint density at radius 3 is 2.58 bits per heavy atom. The predicted molar refractivity (Wildman–Crippen MR) is 68.7 cm³/mol. The molecule has 0 aliphatic carbocycles. The maximum Gasteiger partial charge on any atom is 0.227 e. The largest absolute Gasteiger partial charge is 0.340 e. The minimum Gasteiger partial charge on any atom is -0.340 e. The SMILES string of the molecule is N#CCN1CCN(C(=O)Cc2ccccc2F)CC1. The number of hydrogen-bond acceptors (Lipinski definition) is 3. The lowest BCUT2D eigenvalue weighted by Gasteiger charge is -2.33. The minimum absolute atomic E-state index is 0.0540. The van der Waals surface area contributed by atoms with Crippen molar-refractivity contribution in [2.24, 2.45) is 0 Å². The first-order chi connectivity index (χ1) is 9.20. The second-order valence-corrected chi connectivity index (χ2v) is 4.58. The van der Waals surface area contributed by atoms with Gasteiger partial charge in [0.1, 0.15) is 5.82 Å². The first-order valence-corrected chi connectivity index (χ1v) is 6.31. The van der Waals surface area contributed by atoms with Gasteiger partial charge in [-0.1, -0.05) is 18.2 Å². The van der Waals surface area contributed by atoms with Crippen LogP contribution in [0.5, 0.6) is 0 Å². The Kier molecular flexibility index (Phi) is 4.48. The molecule has 0 bridgehead atoms. The number of halogens is 1. The molecule has 1 aromatic carbocycles. The number of benzene rings is 1. The number of piperazine rings is 1. The zero-order valence-corrected chi connectivity index (χ0v) is 10.7. The van der Waals surface area contributed by atoms with Gasteiger partial charge in [0, 0.05) is 26.2 Å². The molecule has 1 aliphatic rings. The summed E-state index contributed by atoms with van der Waals surface area (Å²) in [7, 11) is 0. The number of amides is 1. The van der Waals surface area contributed by atoms with Crippen LogP contribution in [0.15, 0.2) is 24.3 Å². The molecule has 1 fully saturated rings. The van der Waals surface area contributed by atoms with Crippen LogP contribution in [0.3, 0.4) is 0 Å². The van der Waals surface area contributed by atoms with E-state index in [9.17, 15) is 9.18 Å². The Balaban J connectivity index is 1.89. The quantitative estimate of drug-likeness (QED) is 0.764. The van der Waals surface area contributed by atoms with Crippen molar-refractivity contribution in [1.82, 2.24) is 9.80 Å².